The molecule has 0 aromatic heterocycles. The molecule has 156 valence electrons. The fraction of sp³-hybridized carbons (Fsp3) is 0.435. The van der Waals surface area contributed by atoms with E-state index in [-0.39, 0.29) is 12.0 Å². The Hall–Kier alpha value is -1.91. The second kappa shape index (κ2) is 10.2. The topological polar surface area (TPSA) is 41.6 Å². The molecule has 0 bridgehead atoms. The lowest BCUT2D eigenvalue weighted by atomic mass is 10.0. The summed E-state index contributed by atoms with van der Waals surface area (Å²) in [6, 6.07) is 11.6. The molecule has 2 heterocycles. The van der Waals surface area contributed by atoms with E-state index in [1.807, 2.05) is 44.2 Å². The first-order valence-electron chi connectivity index (χ1n) is 10.2. The minimum atomic E-state index is -0.245. The van der Waals surface area contributed by atoms with E-state index < -0.39 is 0 Å². The molecule has 4 nitrogen and oxygen atoms in total. The molecule has 0 saturated carbocycles. The van der Waals surface area contributed by atoms with Gasteiger partial charge in [-0.25, -0.2) is 4.79 Å². The van der Waals surface area contributed by atoms with Crippen LogP contribution < -0.4 is 10.2 Å². The van der Waals surface area contributed by atoms with E-state index in [2.05, 4.69) is 16.3 Å². The van der Waals surface area contributed by atoms with Gasteiger partial charge in [0.1, 0.15) is 6.04 Å². The highest BCUT2D eigenvalue weighted by atomic mass is 35.5. The Kier molecular flexibility index (Phi) is 7.68. The Labute approximate surface area is 183 Å². The van der Waals surface area contributed by atoms with Gasteiger partial charge in [0.25, 0.3) is 0 Å². The Balaban J connectivity index is 0.000000186. The van der Waals surface area contributed by atoms with E-state index in [9.17, 15) is 4.79 Å². The summed E-state index contributed by atoms with van der Waals surface area (Å²) >= 11 is 11.9. The summed E-state index contributed by atoms with van der Waals surface area (Å²) in [5.41, 5.74) is 4.92. The van der Waals surface area contributed by atoms with Gasteiger partial charge in [0.15, 0.2) is 0 Å². The molecule has 0 fully saturated rings. The molecule has 0 radical (unpaired) electrons. The molecule has 1 atom stereocenters. The number of carbonyl (C=O) groups excluding carboxylic acids is 1. The number of aryl methyl sites for hydroxylation is 2. The lowest BCUT2D eigenvalue weighted by Gasteiger charge is -2.35. The van der Waals surface area contributed by atoms with Gasteiger partial charge in [0.05, 0.1) is 6.61 Å². The van der Waals surface area contributed by atoms with Gasteiger partial charge in [-0.2, -0.15) is 0 Å². The Morgan fingerprint density at radius 1 is 1.10 bits per heavy atom. The molecule has 0 saturated heterocycles. The molecule has 29 heavy (non-hydrogen) atoms. The van der Waals surface area contributed by atoms with Crippen molar-refractivity contribution in [1.82, 2.24) is 0 Å². The van der Waals surface area contributed by atoms with Crippen molar-refractivity contribution >= 4 is 40.5 Å². The van der Waals surface area contributed by atoms with Crippen LogP contribution in [0.1, 0.15) is 37.8 Å². The lowest BCUT2D eigenvalue weighted by molar-refractivity contribution is -0.144. The number of hydrogen-bond acceptors (Lipinski definition) is 4. The number of ether oxygens (including phenoxy) is 1. The third-order valence-corrected chi connectivity index (χ3v) is 5.77. The van der Waals surface area contributed by atoms with Crippen LogP contribution in [0.3, 0.4) is 0 Å². The maximum absolute atomic E-state index is 11.8. The number of fused-ring (bicyclic) bond motifs is 2. The summed E-state index contributed by atoms with van der Waals surface area (Å²) in [6.45, 7) is 6.12. The average Bonchev–Trinajstić information content (AvgIpc) is 2.73. The number of esters is 1. The third-order valence-electron chi connectivity index (χ3n) is 5.30. The van der Waals surface area contributed by atoms with Crippen molar-refractivity contribution in [3.8, 4) is 0 Å². The van der Waals surface area contributed by atoms with Gasteiger partial charge in [0.2, 0.25) is 0 Å². The van der Waals surface area contributed by atoms with Crippen molar-refractivity contribution in [2.24, 2.45) is 0 Å². The highest BCUT2D eigenvalue weighted by Gasteiger charge is 2.26. The predicted molar refractivity (Wildman–Crippen MR) is 121 cm³/mol. The molecule has 2 aliphatic rings. The van der Waals surface area contributed by atoms with Crippen molar-refractivity contribution in [2.45, 2.75) is 45.6 Å². The van der Waals surface area contributed by atoms with Crippen LogP contribution in [0.15, 0.2) is 36.4 Å². The maximum atomic E-state index is 11.8. The van der Waals surface area contributed by atoms with Gasteiger partial charge in [-0.3, -0.25) is 0 Å². The van der Waals surface area contributed by atoms with Gasteiger partial charge >= 0.3 is 5.97 Å². The number of benzene rings is 2. The summed E-state index contributed by atoms with van der Waals surface area (Å²) in [7, 11) is 0. The number of nitrogens with one attached hydrogen (secondary N) is 1. The molecule has 0 aliphatic carbocycles. The summed E-state index contributed by atoms with van der Waals surface area (Å²) < 4.78 is 5.09. The minimum Gasteiger partial charge on any atom is -0.464 e. The van der Waals surface area contributed by atoms with Crippen LogP contribution in [-0.2, 0) is 22.4 Å². The number of hydrogen-bond donors (Lipinski definition) is 1. The average molecular weight is 435 g/mol. The summed E-state index contributed by atoms with van der Waals surface area (Å²) in [4.78, 5) is 13.9. The first kappa shape index (κ1) is 21.8. The molecule has 2 aliphatic heterocycles. The Bertz CT molecular complexity index is 857. The number of carbonyl (C=O) groups is 1. The molecule has 2 aromatic rings. The van der Waals surface area contributed by atoms with E-state index in [1.54, 1.807) is 0 Å². The standard InChI is InChI=1S/C14H18ClNO2.C9H10ClN/c1-3-18-14(17)10(2)16-8-4-5-11-9-12(15)6-7-13(11)16;10-8-3-4-9-7(6-8)2-1-5-11-9/h6-7,9-10H,3-5,8H2,1-2H3;3-4,6,11H,1-2,5H2/t10-;/m1./s1. The summed E-state index contributed by atoms with van der Waals surface area (Å²) in [6.07, 6.45) is 4.43. The summed E-state index contributed by atoms with van der Waals surface area (Å²) in [5, 5.41) is 4.92. The van der Waals surface area contributed by atoms with Crippen molar-refractivity contribution < 1.29 is 9.53 Å². The maximum Gasteiger partial charge on any atom is 0.328 e. The molecule has 0 amide bonds. The van der Waals surface area contributed by atoms with Gasteiger partial charge in [-0.15, -0.1) is 0 Å². The predicted octanol–water partition coefficient (Wildman–Crippen LogP) is 5.74. The lowest BCUT2D eigenvalue weighted by Crippen LogP contribution is -2.43. The zero-order valence-corrected chi connectivity index (χ0v) is 18.5. The number of anilines is 2. The fourth-order valence-electron chi connectivity index (χ4n) is 3.83. The first-order valence-corrected chi connectivity index (χ1v) is 11.0. The van der Waals surface area contributed by atoms with Crippen LogP contribution in [0.2, 0.25) is 10.0 Å². The largest absolute Gasteiger partial charge is 0.464 e. The van der Waals surface area contributed by atoms with Crippen LogP contribution in [-0.4, -0.2) is 31.7 Å². The van der Waals surface area contributed by atoms with Crippen molar-refractivity contribution in [3.05, 3.63) is 57.6 Å². The van der Waals surface area contributed by atoms with Crippen molar-refractivity contribution in [3.63, 3.8) is 0 Å². The molecule has 0 spiro atoms. The number of rotatable bonds is 3. The quantitative estimate of drug-likeness (QED) is 0.624. The monoisotopic (exact) mass is 434 g/mol. The first-order chi connectivity index (χ1) is 14.0. The molecular formula is C23H28Cl2N2O2. The highest BCUT2D eigenvalue weighted by molar-refractivity contribution is 6.31. The van der Waals surface area contributed by atoms with Gasteiger partial charge in [0, 0.05) is 34.5 Å². The van der Waals surface area contributed by atoms with E-state index in [4.69, 9.17) is 27.9 Å². The molecule has 1 N–H and O–H groups in total. The normalized spacial score (nSPS) is 15.8. The zero-order chi connectivity index (χ0) is 20.8. The van der Waals surface area contributed by atoms with E-state index in [1.165, 1.54) is 23.2 Å². The second-order valence-corrected chi connectivity index (χ2v) is 8.20. The molecular weight excluding hydrogens is 407 g/mol. The van der Waals surface area contributed by atoms with Gasteiger partial charge < -0.3 is 15.0 Å². The molecule has 6 heteroatoms. The van der Waals surface area contributed by atoms with E-state index in [0.29, 0.717) is 6.61 Å². The fourth-order valence-corrected chi connectivity index (χ4v) is 4.22. The van der Waals surface area contributed by atoms with Crippen LogP contribution in [0.4, 0.5) is 11.4 Å². The minimum absolute atomic E-state index is 0.166. The Morgan fingerprint density at radius 2 is 1.79 bits per heavy atom. The van der Waals surface area contributed by atoms with Gasteiger partial charge in [-0.05, 0) is 87.1 Å². The van der Waals surface area contributed by atoms with Crippen LogP contribution in [0.25, 0.3) is 0 Å². The molecule has 2 aromatic carbocycles. The van der Waals surface area contributed by atoms with Crippen molar-refractivity contribution in [2.75, 3.05) is 29.9 Å². The molecule has 4 rings (SSSR count). The van der Waals surface area contributed by atoms with Gasteiger partial charge in [-0.1, -0.05) is 23.2 Å². The SMILES string of the molecule is CCOC(=O)[C@@H](C)N1CCCc2cc(Cl)ccc21.Clc1ccc2c(c1)CCCN2. The van der Waals surface area contributed by atoms with Crippen molar-refractivity contribution in [1.29, 1.82) is 0 Å². The smallest absolute Gasteiger partial charge is 0.328 e. The summed E-state index contributed by atoms with van der Waals surface area (Å²) in [5.74, 6) is -0.166. The van der Waals surface area contributed by atoms with Crippen LogP contribution in [0.5, 0.6) is 0 Å². The highest BCUT2D eigenvalue weighted by Crippen LogP contribution is 2.31. The Morgan fingerprint density at radius 3 is 2.55 bits per heavy atom. The molecule has 0 unspecified atom stereocenters. The number of nitrogens with zero attached hydrogens (tertiary/aromatic N) is 1. The second-order valence-electron chi connectivity index (χ2n) is 7.33. The third kappa shape index (κ3) is 5.58. The van der Waals surface area contributed by atoms with Crippen LogP contribution in [0, 0.1) is 0 Å². The zero-order valence-electron chi connectivity index (χ0n) is 17.0. The number of halogens is 2. The van der Waals surface area contributed by atoms with Crippen LogP contribution >= 0.6 is 23.2 Å². The van der Waals surface area contributed by atoms with E-state index >= 15 is 0 Å². The van der Waals surface area contributed by atoms with E-state index in [0.717, 1.165) is 48.1 Å².